The zero-order chi connectivity index (χ0) is 12.3. The van der Waals surface area contributed by atoms with Gasteiger partial charge in [-0.2, -0.15) is 0 Å². The normalized spacial score (nSPS) is 28.4. The van der Waals surface area contributed by atoms with E-state index in [1.165, 1.54) is 6.42 Å². The second kappa shape index (κ2) is 5.02. The molecular formula is C15H17ClO. The van der Waals surface area contributed by atoms with Crippen LogP contribution < -0.4 is 4.74 Å². The average Bonchev–Trinajstić information content (AvgIpc) is 2.32. The Balaban J connectivity index is 2.14. The summed E-state index contributed by atoms with van der Waals surface area (Å²) in [7, 11) is 0. The van der Waals surface area contributed by atoms with Gasteiger partial charge in [0.25, 0.3) is 0 Å². The lowest BCUT2D eigenvalue weighted by atomic mass is 9.79. The Morgan fingerprint density at radius 2 is 2.12 bits per heavy atom. The summed E-state index contributed by atoms with van der Waals surface area (Å²) in [5, 5.41) is 0.712. The van der Waals surface area contributed by atoms with E-state index in [9.17, 15) is 0 Å². The fraction of sp³-hybridized carbons (Fsp3) is 0.467. The third kappa shape index (κ3) is 2.96. The van der Waals surface area contributed by atoms with E-state index in [4.69, 9.17) is 22.8 Å². The zero-order valence-corrected chi connectivity index (χ0v) is 10.8. The predicted octanol–water partition coefficient (Wildman–Crippen LogP) is 4.30. The maximum atomic E-state index is 6.02. The molecule has 2 heteroatoms. The molecule has 1 aromatic carbocycles. The molecule has 0 aliphatic heterocycles. The predicted molar refractivity (Wildman–Crippen MR) is 71.3 cm³/mol. The molecule has 0 heterocycles. The van der Waals surface area contributed by atoms with Gasteiger partial charge in [0, 0.05) is 11.4 Å². The number of rotatable bonds is 2. The Bertz CT molecular complexity index is 418. The number of benzene rings is 1. The Morgan fingerprint density at radius 3 is 2.71 bits per heavy atom. The van der Waals surface area contributed by atoms with Crippen LogP contribution in [-0.2, 0) is 0 Å². The third-order valence-corrected chi connectivity index (χ3v) is 3.60. The molecular weight excluding hydrogens is 232 g/mol. The molecule has 1 aliphatic carbocycles. The minimum Gasteiger partial charge on any atom is -0.475 e. The van der Waals surface area contributed by atoms with Gasteiger partial charge in [0.15, 0.2) is 5.60 Å². The smallest absolute Gasteiger partial charge is 0.169 e. The number of terminal acetylenes is 1. The standard InChI is InChI=1S/C15H17ClO/c1-3-15(10-4-5-12(2)11-15)17-14-8-6-13(16)7-9-14/h1,6-9,12H,4-5,10-11H2,2H3. The maximum Gasteiger partial charge on any atom is 0.169 e. The first-order chi connectivity index (χ1) is 8.13. The van der Waals surface area contributed by atoms with E-state index in [1.54, 1.807) is 0 Å². The molecule has 1 aromatic rings. The van der Waals surface area contributed by atoms with Crippen LogP contribution in [0, 0.1) is 18.3 Å². The molecule has 0 amide bonds. The van der Waals surface area contributed by atoms with Crippen molar-refractivity contribution >= 4 is 11.6 Å². The molecule has 1 saturated carbocycles. The first-order valence-corrected chi connectivity index (χ1v) is 6.44. The Morgan fingerprint density at radius 1 is 1.41 bits per heavy atom. The van der Waals surface area contributed by atoms with Crippen LogP contribution in [-0.4, -0.2) is 5.60 Å². The van der Waals surface area contributed by atoms with E-state index in [0.29, 0.717) is 10.9 Å². The van der Waals surface area contributed by atoms with E-state index in [-0.39, 0.29) is 0 Å². The fourth-order valence-electron chi connectivity index (χ4n) is 2.48. The molecule has 2 rings (SSSR count). The van der Waals surface area contributed by atoms with Crippen molar-refractivity contribution < 1.29 is 4.74 Å². The highest BCUT2D eigenvalue weighted by Gasteiger charge is 2.35. The highest BCUT2D eigenvalue weighted by atomic mass is 35.5. The van der Waals surface area contributed by atoms with Gasteiger partial charge in [0.1, 0.15) is 5.75 Å². The molecule has 0 bridgehead atoms. The van der Waals surface area contributed by atoms with Crippen molar-refractivity contribution in [3.63, 3.8) is 0 Å². The molecule has 0 spiro atoms. The van der Waals surface area contributed by atoms with Crippen LogP contribution in [0.25, 0.3) is 0 Å². The van der Waals surface area contributed by atoms with E-state index in [0.717, 1.165) is 25.0 Å². The van der Waals surface area contributed by atoms with E-state index >= 15 is 0 Å². The van der Waals surface area contributed by atoms with Crippen LogP contribution in [0.2, 0.25) is 5.02 Å². The highest BCUT2D eigenvalue weighted by Crippen LogP contribution is 2.35. The lowest BCUT2D eigenvalue weighted by molar-refractivity contribution is 0.0655. The topological polar surface area (TPSA) is 9.23 Å². The lowest BCUT2D eigenvalue weighted by Crippen LogP contribution is -2.39. The summed E-state index contributed by atoms with van der Waals surface area (Å²) in [5.74, 6) is 4.29. The van der Waals surface area contributed by atoms with Gasteiger partial charge in [-0.25, -0.2) is 0 Å². The summed E-state index contributed by atoms with van der Waals surface area (Å²) in [6, 6.07) is 7.40. The minimum atomic E-state index is -0.425. The quantitative estimate of drug-likeness (QED) is 0.709. The average molecular weight is 249 g/mol. The van der Waals surface area contributed by atoms with Crippen molar-refractivity contribution in [2.24, 2.45) is 5.92 Å². The molecule has 0 aromatic heterocycles. The second-order valence-electron chi connectivity index (χ2n) is 4.90. The van der Waals surface area contributed by atoms with Crippen LogP contribution in [0.4, 0.5) is 0 Å². The van der Waals surface area contributed by atoms with Gasteiger partial charge < -0.3 is 4.74 Å². The second-order valence-corrected chi connectivity index (χ2v) is 5.33. The molecule has 0 saturated heterocycles. The molecule has 0 N–H and O–H groups in total. The number of hydrogen-bond donors (Lipinski definition) is 0. The zero-order valence-electron chi connectivity index (χ0n) is 10.1. The van der Waals surface area contributed by atoms with Crippen LogP contribution >= 0.6 is 11.6 Å². The van der Waals surface area contributed by atoms with E-state index in [1.807, 2.05) is 24.3 Å². The van der Waals surface area contributed by atoms with Gasteiger partial charge in [-0.15, -0.1) is 6.42 Å². The number of ether oxygens (including phenoxy) is 1. The van der Waals surface area contributed by atoms with Gasteiger partial charge in [0.05, 0.1) is 0 Å². The monoisotopic (exact) mass is 248 g/mol. The largest absolute Gasteiger partial charge is 0.475 e. The minimum absolute atomic E-state index is 0.425. The van der Waals surface area contributed by atoms with Gasteiger partial charge in [-0.1, -0.05) is 30.9 Å². The lowest BCUT2D eigenvalue weighted by Gasteiger charge is -2.36. The molecule has 1 fully saturated rings. The van der Waals surface area contributed by atoms with Gasteiger partial charge in [-0.05, 0) is 43.0 Å². The maximum absolute atomic E-state index is 6.02. The van der Waals surface area contributed by atoms with Gasteiger partial charge in [0.2, 0.25) is 0 Å². The van der Waals surface area contributed by atoms with E-state index < -0.39 is 5.60 Å². The molecule has 2 unspecified atom stereocenters. The molecule has 2 atom stereocenters. The molecule has 0 radical (unpaired) electrons. The van der Waals surface area contributed by atoms with Crippen molar-refractivity contribution in [2.75, 3.05) is 0 Å². The Kier molecular flexibility index (Phi) is 3.64. The van der Waals surface area contributed by atoms with Crippen LogP contribution in [0.15, 0.2) is 24.3 Å². The summed E-state index contributed by atoms with van der Waals surface area (Å²) in [6.45, 7) is 2.23. The summed E-state index contributed by atoms with van der Waals surface area (Å²) >= 11 is 5.85. The van der Waals surface area contributed by atoms with Crippen LogP contribution in [0.5, 0.6) is 5.75 Å². The Hall–Kier alpha value is -1.13. The summed E-state index contributed by atoms with van der Waals surface area (Å²) in [6.07, 6.45) is 9.94. The van der Waals surface area contributed by atoms with Gasteiger partial charge in [-0.3, -0.25) is 0 Å². The summed E-state index contributed by atoms with van der Waals surface area (Å²) in [4.78, 5) is 0. The summed E-state index contributed by atoms with van der Waals surface area (Å²) < 4.78 is 6.02. The van der Waals surface area contributed by atoms with Crippen molar-refractivity contribution in [3.05, 3.63) is 29.3 Å². The summed E-state index contributed by atoms with van der Waals surface area (Å²) in [5.41, 5.74) is -0.425. The molecule has 1 nitrogen and oxygen atoms in total. The number of halogens is 1. The molecule has 90 valence electrons. The van der Waals surface area contributed by atoms with Crippen molar-refractivity contribution in [1.29, 1.82) is 0 Å². The first kappa shape index (κ1) is 12.3. The number of hydrogen-bond acceptors (Lipinski definition) is 1. The Labute approximate surface area is 108 Å². The van der Waals surface area contributed by atoms with Crippen LogP contribution in [0.1, 0.15) is 32.6 Å². The third-order valence-electron chi connectivity index (χ3n) is 3.35. The fourth-order valence-corrected chi connectivity index (χ4v) is 2.61. The van der Waals surface area contributed by atoms with Crippen molar-refractivity contribution in [1.82, 2.24) is 0 Å². The van der Waals surface area contributed by atoms with E-state index in [2.05, 4.69) is 12.8 Å². The van der Waals surface area contributed by atoms with Crippen molar-refractivity contribution in [2.45, 2.75) is 38.2 Å². The van der Waals surface area contributed by atoms with Crippen LogP contribution in [0.3, 0.4) is 0 Å². The van der Waals surface area contributed by atoms with Gasteiger partial charge >= 0.3 is 0 Å². The first-order valence-electron chi connectivity index (χ1n) is 6.06. The molecule has 17 heavy (non-hydrogen) atoms. The molecule has 1 aliphatic rings. The van der Waals surface area contributed by atoms with Crippen molar-refractivity contribution in [3.8, 4) is 18.1 Å². The highest BCUT2D eigenvalue weighted by molar-refractivity contribution is 6.30. The SMILES string of the molecule is C#CC1(Oc2ccc(Cl)cc2)CCCC(C)C1.